The summed E-state index contributed by atoms with van der Waals surface area (Å²) in [5, 5.41) is 3.19. The van der Waals surface area contributed by atoms with Gasteiger partial charge in [-0.1, -0.05) is 13.0 Å². The van der Waals surface area contributed by atoms with Gasteiger partial charge in [-0.25, -0.2) is 4.39 Å². The summed E-state index contributed by atoms with van der Waals surface area (Å²) in [4.78, 5) is 0. The van der Waals surface area contributed by atoms with Crippen molar-refractivity contribution < 1.29 is 9.13 Å². The molecule has 0 aliphatic rings. The highest BCUT2D eigenvalue weighted by atomic mass is 19.1. The summed E-state index contributed by atoms with van der Waals surface area (Å²) in [6.45, 7) is 6.39. The van der Waals surface area contributed by atoms with E-state index >= 15 is 0 Å². The van der Waals surface area contributed by atoms with E-state index in [1.165, 1.54) is 6.07 Å². The van der Waals surface area contributed by atoms with Crippen LogP contribution in [0.15, 0.2) is 18.2 Å². The molecule has 0 aromatic heterocycles. The Morgan fingerprint density at radius 3 is 2.93 bits per heavy atom. The molecule has 1 rings (SSSR count). The van der Waals surface area contributed by atoms with Crippen LogP contribution in [0.5, 0.6) is 5.75 Å². The maximum atomic E-state index is 13.2. The largest absolute Gasteiger partial charge is 0.490 e. The highest BCUT2D eigenvalue weighted by Gasteiger charge is 2.02. The van der Waals surface area contributed by atoms with Crippen molar-refractivity contribution in [2.24, 2.45) is 0 Å². The second kappa shape index (κ2) is 6.40. The molecular formula is C12H18FNO. The summed E-state index contributed by atoms with van der Waals surface area (Å²) in [6, 6.07) is 4.90. The lowest BCUT2D eigenvalue weighted by Gasteiger charge is -2.08. The first kappa shape index (κ1) is 12.0. The van der Waals surface area contributed by atoms with Gasteiger partial charge in [-0.15, -0.1) is 0 Å². The maximum Gasteiger partial charge on any atom is 0.165 e. The number of benzene rings is 1. The van der Waals surface area contributed by atoms with Crippen molar-refractivity contribution in [1.82, 2.24) is 5.32 Å². The van der Waals surface area contributed by atoms with Gasteiger partial charge in [-0.2, -0.15) is 0 Å². The van der Waals surface area contributed by atoms with E-state index in [0.29, 0.717) is 12.4 Å². The first-order valence-corrected chi connectivity index (χ1v) is 5.33. The number of nitrogens with one attached hydrogen (secondary N) is 1. The molecule has 84 valence electrons. The van der Waals surface area contributed by atoms with Crippen molar-refractivity contribution >= 4 is 0 Å². The number of rotatable bonds is 6. The van der Waals surface area contributed by atoms with Crippen LogP contribution in [0.4, 0.5) is 4.39 Å². The van der Waals surface area contributed by atoms with Gasteiger partial charge in [0.2, 0.25) is 0 Å². The molecule has 1 aromatic carbocycles. The number of hydrogen-bond donors (Lipinski definition) is 1. The lowest BCUT2D eigenvalue weighted by molar-refractivity contribution is 0.293. The topological polar surface area (TPSA) is 21.3 Å². The molecule has 0 aliphatic heterocycles. The second-order valence-corrected chi connectivity index (χ2v) is 3.49. The minimum absolute atomic E-state index is 0.288. The summed E-state index contributed by atoms with van der Waals surface area (Å²) in [7, 11) is 0. The predicted molar refractivity (Wildman–Crippen MR) is 59.8 cm³/mol. The molecule has 0 aliphatic carbocycles. The molecular weight excluding hydrogens is 193 g/mol. The van der Waals surface area contributed by atoms with Crippen molar-refractivity contribution in [2.45, 2.75) is 20.3 Å². The van der Waals surface area contributed by atoms with E-state index in [1.807, 2.05) is 6.92 Å². The maximum absolute atomic E-state index is 13.2. The van der Waals surface area contributed by atoms with Crippen LogP contribution in [0.25, 0.3) is 0 Å². The smallest absolute Gasteiger partial charge is 0.165 e. The molecule has 15 heavy (non-hydrogen) atoms. The molecule has 1 N–H and O–H groups in total. The third kappa shape index (κ3) is 4.30. The third-order valence-electron chi connectivity index (χ3n) is 2.09. The Bertz CT molecular complexity index is 302. The quantitative estimate of drug-likeness (QED) is 0.730. The van der Waals surface area contributed by atoms with Crippen LogP contribution in [0.3, 0.4) is 0 Å². The molecule has 0 spiro atoms. The minimum atomic E-state index is -0.288. The van der Waals surface area contributed by atoms with E-state index < -0.39 is 0 Å². The van der Waals surface area contributed by atoms with Gasteiger partial charge >= 0.3 is 0 Å². The fourth-order valence-corrected chi connectivity index (χ4v) is 1.28. The fraction of sp³-hybridized carbons (Fsp3) is 0.500. The highest BCUT2D eigenvalue weighted by Crippen LogP contribution is 2.18. The van der Waals surface area contributed by atoms with Gasteiger partial charge in [-0.05, 0) is 44.1 Å². The summed E-state index contributed by atoms with van der Waals surface area (Å²) in [5.41, 5.74) is 1.01. The Morgan fingerprint density at radius 1 is 1.40 bits per heavy atom. The predicted octanol–water partition coefficient (Wildman–Crippen LogP) is 2.51. The molecule has 2 nitrogen and oxygen atoms in total. The molecule has 0 radical (unpaired) electrons. The molecule has 1 aromatic rings. The summed E-state index contributed by atoms with van der Waals surface area (Å²) < 4.78 is 18.6. The van der Waals surface area contributed by atoms with Gasteiger partial charge in [0.25, 0.3) is 0 Å². The third-order valence-corrected chi connectivity index (χ3v) is 2.09. The molecule has 0 unspecified atom stereocenters. The molecule has 0 heterocycles. The zero-order valence-electron chi connectivity index (χ0n) is 9.35. The van der Waals surface area contributed by atoms with Gasteiger partial charge in [0.1, 0.15) is 0 Å². The van der Waals surface area contributed by atoms with E-state index in [0.717, 1.165) is 25.1 Å². The highest BCUT2D eigenvalue weighted by molar-refractivity contribution is 5.29. The van der Waals surface area contributed by atoms with Gasteiger partial charge in [0.15, 0.2) is 11.6 Å². The molecule has 0 fully saturated rings. The first-order chi connectivity index (χ1) is 7.24. The Labute approximate surface area is 90.4 Å². The average Bonchev–Trinajstić information content (AvgIpc) is 2.23. The van der Waals surface area contributed by atoms with Gasteiger partial charge in [-0.3, -0.25) is 0 Å². The van der Waals surface area contributed by atoms with Gasteiger partial charge < -0.3 is 10.1 Å². The van der Waals surface area contributed by atoms with Crippen molar-refractivity contribution in [3.8, 4) is 5.75 Å². The first-order valence-electron chi connectivity index (χ1n) is 5.33. The average molecular weight is 211 g/mol. The van der Waals surface area contributed by atoms with E-state index in [9.17, 15) is 4.39 Å². The number of hydrogen-bond acceptors (Lipinski definition) is 2. The lowest BCUT2D eigenvalue weighted by atomic mass is 10.2. The van der Waals surface area contributed by atoms with Crippen LogP contribution in [0.2, 0.25) is 0 Å². The zero-order chi connectivity index (χ0) is 11.1. The summed E-state index contributed by atoms with van der Waals surface area (Å²) >= 11 is 0. The molecule has 0 saturated heterocycles. The lowest BCUT2D eigenvalue weighted by Crippen LogP contribution is -2.16. The van der Waals surface area contributed by atoms with Crippen molar-refractivity contribution in [2.75, 3.05) is 19.7 Å². The van der Waals surface area contributed by atoms with Gasteiger partial charge in [0, 0.05) is 0 Å². The fourth-order valence-electron chi connectivity index (χ4n) is 1.28. The normalized spacial score (nSPS) is 10.3. The monoisotopic (exact) mass is 211 g/mol. The molecule has 3 heteroatoms. The number of aryl methyl sites for hydroxylation is 1. The molecule has 0 saturated carbocycles. The van der Waals surface area contributed by atoms with E-state index in [-0.39, 0.29) is 5.82 Å². The summed E-state index contributed by atoms with van der Waals surface area (Å²) in [6.07, 6.45) is 0.890. The zero-order valence-corrected chi connectivity index (χ0v) is 9.35. The second-order valence-electron chi connectivity index (χ2n) is 3.49. The van der Waals surface area contributed by atoms with Crippen molar-refractivity contribution in [3.05, 3.63) is 29.6 Å². The van der Waals surface area contributed by atoms with Crippen LogP contribution in [-0.2, 0) is 0 Å². The standard InChI is InChI=1S/C12H18FNO/c1-3-14-7-4-8-15-12-9-10(2)5-6-11(12)13/h5-6,9,14H,3-4,7-8H2,1-2H3. The van der Waals surface area contributed by atoms with Crippen LogP contribution in [0.1, 0.15) is 18.9 Å². The van der Waals surface area contributed by atoms with Crippen LogP contribution < -0.4 is 10.1 Å². The van der Waals surface area contributed by atoms with E-state index in [1.54, 1.807) is 12.1 Å². The van der Waals surface area contributed by atoms with E-state index in [2.05, 4.69) is 12.2 Å². The van der Waals surface area contributed by atoms with Crippen LogP contribution in [-0.4, -0.2) is 19.7 Å². The minimum Gasteiger partial charge on any atom is -0.490 e. The number of ether oxygens (including phenoxy) is 1. The van der Waals surface area contributed by atoms with E-state index in [4.69, 9.17) is 4.74 Å². The number of halogens is 1. The van der Waals surface area contributed by atoms with Crippen molar-refractivity contribution in [3.63, 3.8) is 0 Å². The Hall–Kier alpha value is -1.09. The molecule has 0 atom stereocenters. The Morgan fingerprint density at radius 2 is 2.20 bits per heavy atom. The van der Waals surface area contributed by atoms with Crippen LogP contribution >= 0.6 is 0 Å². The Kier molecular flexibility index (Phi) is 5.12. The molecule has 0 bridgehead atoms. The van der Waals surface area contributed by atoms with Crippen molar-refractivity contribution in [1.29, 1.82) is 0 Å². The summed E-state index contributed by atoms with van der Waals surface area (Å²) in [5.74, 6) is 0.0653. The Balaban J connectivity index is 2.33. The molecule has 0 amide bonds. The van der Waals surface area contributed by atoms with Gasteiger partial charge in [0.05, 0.1) is 6.61 Å². The SMILES string of the molecule is CCNCCCOc1cc(C)ccc1F. The van der Waals surface area contributed by atoms with Crippen LogP contribution in [0, 0.1) is 12.7 Å².